The van der Waals surface area contributed by atoms with E-state index in [1.54, 1.807) is 12.1 Å². The normalized spacial score (nSPS) is 9.63. The highest BCUT2D eigenvalue weighted by atomic mass is 32.2. The summed E-state index contributed by atoms with van der Waals surface area (Å²) >= 11 is 1.45. The zero-order valence-corrected chi connectivity index (χ0v) is 11.0. The summed E-state index contributed by atoms with van der Waals surface area (Å²) in [4.78, 5) is 12.7. The number of nitrogens with zero attached hydrogens (tertiary/aromatic N) is 1. The van der Waals surface area contributed by atoms with Gasteiger partial charge in [-0.3, -0.25) is 4.79 Å². The van der Waals surface area contributed by atoms with Gasteiger partial charge in [-0.05, 0) is 36.4 Å². The van der Waals surface area contributed by atoms with E-state index in [4.69, 9.17) is 5.26 Å². The molecule has 4 heteroatoms. The van der Waals surface area contributed by atoms with Gasteiger partial charge in [0.25, 0.3) is 0 Å². The molecule has 0 bridgehead atoms. The topological polar surface area (TPSA) is 52.9 Å². The number of anilines is 1. The summed E-state index contributed by atoms with van der Waals surface area (Å²) < 4.78 is 0. The summed E-state index contributed by atoms with van der Waals surface area (Å²) in [6.45, 7) is 0. The minimum absolute atomic E-state index is 0.0411. The number of rotatable bonds is 4. The summed E-state index contributed by atoms with van der Waals surface area (Å²) in [5.41, 5.74) is 1.42. The first-order chi connectivity index (χ1) is 9.28. The van der Waals surface area contributed by atoms with Crippen molar-refractivity contribution in [3.63, 3.8) is 0 Å². The Hall–Kier alpha value is -2.25. The van der Waals surface area contributed by atoms with Crippen molar-refractivity contribution in [3.05, 3.63) is 60.2 Å². The molecule has 0 spiro atoms. The Kier molecular flexibility index (Phi) is 4.60. The number of para-hydroxylation sites is 1. The molecule has 2 aromatic carbocycles. The van der Waals surface area contributed by atoms with Crippen LogP contribution in [0.1, 0.15) is 5.56 Å². The van der Waals surface area contributed by atoms with Crippen LogP contribution in [0.5, 0.6) is 0 Å². The molecule has 0 aliphatic carbocycles. The average molecular weight is 268 g/mol. The van der Waals surface area contributed by atoms with E-state index in [0.717, 1.165) is 10.6 Å². The molecule has 0 radical (unpaired) electrons. The van der Waals surface area contributed by atoms with E-state index >= 15 is 0 Å². The van der Waals surface area contributed by atoms with Gasteiger partial charge in [-0.2, -0.15) is 5.26 Å². The van der Waals surface area contributed by atoms with Crippen LogP contribution in [0.4, 0.5) is 5.69 Å². The molecule has 0 heterocycles. The second-order valence-corrected chi connectivity index (χ2v) is 4.89. The van der Waals surface area contributed by atoms with Gasteiger partial charge in [0, 0.05) is 10.6 Å². The molecule has 0 saturated heterocycles. The lowest BCUT2D eigenvalue weighted by Crippen LogP contribution is -2.13. The average Bonchev–Trinajstić information content (AvgIpc) is 2.47. The predicted octanol–water partition coefficient (Wildman–Crippen LogP) is 3.29. The van der Waals surface area contributed by atoms with Crippen molar-refractivity contribution in [1.82, 2.24) is 0 Å². The number of carbonyl (C=O) groups excluding carboxylic acids is 1. The standard InChI is InChI=1S/C15H12N2OS/c16-10-12-6-8-14(9-7-12)19-11-15(18)17-13-4-2-1-3-5-13/h1-9H,11H2,(H,17,18). The number of benzene rings is 2. The van der Waals surface area contributed by atoms with E-state index in [0.29, 0.717) is 11.3 Å². The number of nitrogens with one attached hydrogen (secondary N) is 1. The van der Waals surface area contributed by atoms with Crippen LogP contribution in [0.3, 0.4) is 0 Å². The van der Waals surface area contributed by atoms with Crippen LogP contribution in [-0.2, 0) is 4.79 Å². The minimum Gasteiger partial charge on any atom is -0.325 e. The Labute approximate surface area is 116 Å². The maximum Gasteiger partial charge on any atom is 0.234 e. The van der Waals surface area contributed by atoms with Crippen molar-refractivity contribution in [2.24, 2.45) is 0 Å². The quantitative estimate of drug-likeness (QED) is 0.866. The number of hydrogen-bond donors (Lipinski definition) is 1. The van der Waals surface area contributed by atoms with Gasteiger partial charge in [0.1, 0.15) is 0 Å². The summed E-state index contributed by atoms with van der Waals surface area (Å²) in [5, 5.41) is 11.5. The second-order valence-electron chi connectivity index (χ2n) is 3.84. The van der Waals surface area contributed by atoms with Gasteiger partial charge < -0.3 is 5.32 Å². The van der Waals surface area contributed by atoms with E-state index in [-0.39, 0.29) is 5.91 Å². The molecule has 0 fully saturated rings. The lowest BCUT2D eigenvalue weighted by molar-refractivity contribution is -0.113. The Morgan fingerprint density at radius 1 is 1.11 bits per heavy atom. The van der Waals surface area contributed by atoms with Crippen LogP contribution >= 0.6 is 11.8 Å². The maximum atomic E-state index is 11.7. The smallest absolute Gasteiger partial charge is 0.234 e. The molecule has 0 aliphatic rings. The number of hydrogen-bond acceptors (Lipinski definition) is 3. The third kappa shape index (κ3) is 4.16. The zero-order chi connectivity index (χ0) is 13.5. The third-order valence-corrected chi connectivity index (χ3v) is 3.42. The summed E-state index contributed by atoms with van der Waals surface area (Å²) in [6.07, 6.45) is 0. The fourth-order valence-electron chi connectivity index (χ4n) is 1.49. The van der Waals surface area contributed by atoms with E-state index in [1.165, 1.54) is 11.8 Å². The van der Waals surface area contributed by atoms with Crippen LogP contribution < -0.4 is 5.32 Å². The molecule has 3 nitrogen and oxygen atoms in total. The summed E-state index contributed by atoms with van der Waals surface area (Å²) in [7, 11) is 0. The van der Waals surface area contributed by atoms with Gasteiger partial charge in [0.15, 0.2) is 0 Å². The fourth-order valence-corrected chi connectivity index (χ4v) is 2.19. The second kappa shape index (κ2) is 6.62. The number of carbonyl (C=O) groups is 1. The molecule has 0 atom stereocenters. The Bertz CT molecular complexity index is 588. The van der Waals surface area contributed by atoms with Crippen LogP contribution in [-0.4, -0.2) is 11.7 Å². The van der Waals surface area contributed by atoms with Crippen molar-refractivity contribution in [3.8, 4) is 6.07 Å². The molecule has 2 rings (SSSR count). The van der Waals surface area contributed by atoms with Crippen molar-refractivity contribution < 1.29 is 4.79 Å². The van der Waals surface area contributed by atoms with Gasteiger partial charge in [0.05, 0.1) is 17.4 Å². The van der Waals surface area contributed by atoms with Crippen molar-refractivity contribution in [1.29, 1.82) is 5.26 Å². The van der Waals surface area contributed by atoms with Gasteiger partial charge in [-0.1, -0.05) is 18.2 Å². The number of amides is 1. The molecule has 94 valence electrons. The first-order valence-corrected chi connectivity index (χ1v) is 6.74. The lowest BCUT2D eigenvalue weighted by Gasteiger charge is -2.04. The molecular weight excluding hydrogens is 256 g/mol. The SMILES string of the molecule is N#Cc1ccc(SCC(=O)Nc2ccccc2)cc1. The molecule has 0 aliphatic heterocycles. The monoisotopic (exact) mass is 268 g/mol. The summed E-state index contributed by atoms with van der Waals surface area (Å²) in [6, 6.07) is 18.6. The molecule has 0 aromatic heterocycles. The van der Waals surface area contributed by atoms with Gasteiger partial charge in [-0.15, -0.1) is 11.8 Å². The number of thioether (sulfide) groups is 1. The molecule has 2 aromatic rings. The van der Waals surface area contributed by atoms with Gasteiger partial charge in [0.2, 0.25) is 5.91 Å². The number of nitriles is 1. The zero-order valence-electron chi connectivity index (χ0n) is 10.2. The largest absolute Gasteiger partial charge is 0.325 e. The van der Waals surface area contributed by atoms with Crippen LogP contribution in [0.2, 0.25) is 0 Å². The minimum atomic E-state index is -0.0411. The maximum absolute atomic E-state index is 11.7. The van der Waals surface area contributed by atoms with Crippen molar-refractivity contribution >= 4 is 23.4 Å². The van der Waals surface area contributed by atoms with E-state index in [2.05, 4.69) is 11.4 Å². The predicted molar refractivity (Wildman–Crippen MR) is 77.0 cm³/mol. The van der Waals surface area contributed by atoms with Crippen LogP contribution in [0.15, 0.2) is 59.5 Å². The third-order valence-electron chi connectivity index (χ3n) is 2.41. The molecule has 0 saturated carbocycles. The first-order valence-electron chi connectivity index (χ1n) is 5.76. The lowest BCUT2D eigenvalue weighted by atomic mass is 10.2. The first kappa shape index (κ1) is 13.2. The highest BCUT2D eigenvalue weighted by Crippen LogP contribution is 2.18. The fraction of sp³-hybridized carbons (Fsp3) is 0.0667. The highest BCUT2D eigenvalue weighted by molar-refractivity contribution is 8.00. The molecule has 19 heavy (non-hydrogen) atoms. The molecule has 1 amide bonds. The van der Waals surface area contributed by atoms with Crippen LogP contribution in [0, 0.1) is 11.3 Å². The molecular formula is C15H12N2OS. The Morgan fingerprint density at radius 3 is 2.42 bits per heavy atom. The highest BCUT2D eigenvalue weighted by Gasteiger charge is 2.03. The van der Waals surface area contributed by atoms with E-state index < -0.39 is 0 Å². The summed E-state index contributed by atoms with van der Waals surface area (Å²) in [5.74, 6) is 0.307. The van der Waals surface area contributed by atoms with Crippen molar-refractivity contribution in [2.75, 3.05) is 11.1 Å². The van der Waals surface area contributed by atoms with Crippen LogP contribution in [0.25, 0.3) is 0 Å². The van der Waals surface area contributed by atoms with E-state index in [1.807, 2.05) is 42.5 Å². The Balaban J connectivity index is 1.85. The van der Waals surface area contributed by atoms with E-state index in [9.17, 15) is 4.79 Å². The van der Waals surface area contributed by atoms with Gasteiger partial charge in [-0.25, -0.2) is 0 Å². The Morgan fingerprint density at radius 2 is 1.79 bits per heavy atom. The molecule has 0 unspecified atom stereocenters. The van der Waals surface area contributed by atoms with Gasteiger partial charge >= 0.3 is 0 Å². The molecule has 1 N–H and O–H groups in total. The van der Waals surface area contributed by atoms with Crippen molar-refractivity contribution in [2.45, 2.75) is 4.90 Å².